The Hall–Kier alpha value is -2.62. The number of hydrogen-bond donors (Lipinski definition) is 0. The maximum Gasteiger partial charge on any atom is 0.414 e. The quantitative estimate of drug-likeness (QED) is 0.623. The van der Waals surface area contributed by atoms with Crippen LogP contribution in [0.4, 0.5) is 4.79 Å². The van der Waals surface area contributed by atoms with E-state index in [0.29, 0.717) is 17.7 Å². The molecule has 0 radical (unpaired) electrons. The van der Waals surface area contributed by atoms with E-state index in [4.69, 9.17) is 4.74 Å². The van der Waals surface area contributed by atoms with Gasteiger partial charge < -0.3 is 4.74 Å². The van der Waals surface area contributed by atoms with Gasteiger partial charge in [0.05, 0.1) is 11.7 Å². The van der Waals surface area contributed by atoms with Gasteiger partial charge in [0.25, 0.3) is 0 Å². The molecule has 0 spiro atoms. The summed E-state index contributed by atoms with van der Waals surface area (Å²) in [6, 6.07) is 9.17. The minimum atomic E-state index is -0.488. The van der Waals surface area contributed by atoms with Gasteiger partial charge in [-0.3, -0.25) is 9.69 Å². The van der Waals surface area contributed by atoms with Crippen molar-refractivity contribution in [2.24, 2.45) is 0 Å². The van der Waals surface area contributed by atoms with E-state index in [9.17, 15) is 9.59 Å². The second-order valence-corrected chi connectivity index (χ2v) is 5.36. The third kappa shape index (κ3) is 3.77. The van der Waals surface area contributed by atoms with Crippen LogP contribution in [0.3, 0.4) is 0 Å². The number of nitrogens with zero attached hydrogens (tertiary/aromatic N) is 1. The van der Waals surface area contributed by atoms with E-state index < -0.39 is 6.09 Å². The van der Waals surface area contributed by atoms with Crippen molar-refractivity contribution in [2.75, 3.05) is 0 Å². The van der Waals surface area contributed by atoms with Crippen LogP contribution >= 0.6 is 0 Å². The highest BCUT2D eigenvalue weighted by molar-refractivity contribution is 6.02. The molecule has 4 nitrogen and oxygen atoms in total. The fraction of sp³-hybridized carbons (Fsp3) is 0.263. The van der Waals surface area contributed by atoms with E-state index in [-0.39, 0.29) is 24.9 Å². The molecule has 4 heteroatoms. The standard InChI is InChI=1S/C19H21NO3/c1-4-9-16-12-18(21)17(5-2)14(3)20(16)19(22)23-13-15-10-7-6-8-11-15/h4-8,10-11,16H,1,3,9,12-13H2,2H3. The monoisotopic (exact) mass is 311 g/mol. The van der Waals surface area contributed by atoms with E-state index in [1.54, 1.807) is 19.1 Å². The molecule has 1 aliphatic heterocycles. The summed E-state index contributed by atoms with van der Waals surface area (Å²) < 4.78 is 5.40. The van der Waals surface area contributed by atoms with Crippen LogP contribution in [-0.4, -0.2) is 22.8 Å². The van der Waals surface area contributed by atoms with E-state index in [0.717, 1.165) is 5.56 Å². The van der Waals surface area contributed by atoms with Crippen LogP contribution < -0.4 is 0 Å². The largest absolute Gasteiger partial charge is 0.444 e. The van der Waals surface area contributed by atoms with Crippen molar-refractivity contribution < 1.29 is 14.3 Å². The van der Waals surface area contributed by atoms with Crippen LogP contribution in [0.2, 0.25) is 0 Å². The molecule has 1 aliphatic rings. The zero-order valence-electron chi connectivity index (χ0n) is 13.3. The van der Waals surface area contributed by atoms with Crippen LogP contribution in [0.1, 0.15) is 25.3 Å². The van der Waals surface area contributed by atoms with Gasteiger partial charge in [0, 0.05) is 12.0 Å². The van der Waals surface area contributed by atoms with Crippen molar-refractivity contribution in [1.82, 2.24) is 4.90 Å². The Kier molecular flexibility index (Phi) is 5.52. The summed E-state index contributed by atoms with van der Waals surface area (Å²) in [6.45, 7) is 9.55. The normalized spacial score (nSPS) is 19.8. The van der Waals surface area contributed by atoms with Crippen LogP contribution in [0, 0.1) is 0 Å². The first kappa shape index (κ1) is 16.7. The first-order valence-electron chi connectivity index (χ1n) is 7.58. The molecular formula is C19H21NO3. The summed E-state index contributed by atoms with van der Waals surface area (Å²) in [5, 5.41) is 0. The van der Waals surface area contributed by atoms with Gasteiger partial charge in [-0.1, -0.05) is 49.1 Å². The molecule has 0 aliphatic carbocycles. The molecule has 120 valence electrons. The summed E-state index contributed by atoms with van der Waals surface area (Å²) in [6.07, 6.45) is 3.67. The van der Waals surface area contributed by atoms with E-state index in [1.165, 1.54) is 4.90 Å². The number of ketones is 1. The molecule has 1 unspecified atom stereocenters. The smallest absolute Gasteiger partial charge is 0.414 e. The molecule has 0 bridgehead atoms. The van der Waals surface area contributed by atoms with Gasteiger partial charge in [0.15, 0.2) is 5.78 Å². The minimum absolute atomic E-state index is 0.00328. The van der Waals surface area contributed by atoms with E-state index in [2.05, 4.69) is 13.2 Å². The number of allylic oxidation sites excluding steroid dienone is 2. The van der Waals surface area contributed by atoms with Gasteiger partial charge in [-0.15, -0.1) is 6.58 Å². The number of piperidine rings is 1. The van der Waals surface area contributed by atoms with Gasteiger partial charge in [0.1, 0.15) is 6.61 Å². The van der Waals surface area contributed by atoms with Crippen molar-refractivity contribution in [1.29, 1.82) is 0 Å². The van der Waals surface area contributed by atoms with Crippen LogP contribution in [0.5, 0.6) is 0 Å². The molecule has 2 rings (SSSR count). The Morgan fingerprint density at radius 3 is 2.70 bits per heavy atom. The molecular weight excluding hydrogens is 290 g/mol. The Bertz CT molecular complexity index is 646. The minimum Gasteiger partial charge on any atom is -0.444 e. The molecule has 0 N–H and O–H groups in total. The summed E-state index contributed by atoms with van der Waals surface area (Å²) >= 11 is 0. The first-order valence-corrected chi connectivity index (χ1v) is 7.58. The molecule has 1 atom stereocenters. The van der Waals surface area contributed by atoms with Gasteiger partial charge in [-0.2, -0.15) is 0 Å². The van der Waals surface area contributed by atoms with Crippen molar-refractivity contribution in [3.8, 4) is 0 Å². The average Bonchev–Trinajstić information content (AvgIpc) is 2.54. The van der Waals surface area contributed by atoms with Gasteiger partial charge in [-0.25, -0.2) is 4.79 Å². The van der Waals surface area contributed by atoms with Crippen LogP contribution in [-0.2, 0) is 16.1 Å². The predicted molar refractivity (Wildman–Crippen MR) is 89.6 cm³/mol. The molecule has 1 amide bonds. The Labute approximate surface area is 136 Å². The molecule has 1 heterocycles. The summed E-state index contributed by atoms with van der Waals surface area (Å²) in [4.78, 5) is 26.1. The number of amides is 1. The number of carbonyl (C=O) groups is 2. The summed E-state index contributed by atoms with van der Waals surface area (Å²) in [5.74, 6) is -0.00328. The highest BCUT2D eigenvalue weighted by Crippen LogP contribution is 2.30. The van der Waals surface area contributed by atoms with Crippen LogP contribution in [0.25, 0.3) is 0 Å². The molecule has 23 heavy (non-hydrogen) atoms. The van der Waals surface area contributed by atoms with Gasteiger partial charge in [0.2, 0.25) is 0 Å². The Balaban J connectivity index is 2.15. The highest BCUT2D eigenvalue weighted by atomic mass is 16.6. The Morgan fingerprint density at radius 2 is 2.09 bits per heavy atom. The zero-order valence-corrected chi connectivity index (χ0v) is 13.3. The molecule has 1 saturated heterocycles. The lowest BCUT2D eigenvalue weighted by Gasteiger charge is -2.36. The summed E-state index contributed by atoms with van der Waals surface area (Å²) in [7, 11) is 0. The second kappa shape index (κ2) is 7.58. The number of carbonyl (C=O) groups excluding carboxylic acids is 2. The third-order valence-electron chi connectivity index (χ3n) is 3.82. The fourth-order valence-electron chi connectivity index (χ4n) is 2.68. The molecule has 1 aromatic rings. The number of likely N-dealkylation sites (tertiary alicyclic amines) is 1. The maximum absolute atomic E-state index is 12.5. The lowest BCUT2D eigenvalue weighted by molar-refractivity contribution is -0.117. The van der Waals surface area contributed by atoms with Crippen molar-refractivity contribution >= 4 is 11.9 Å². The predicted octanol–water partition coefficient (Wildman–Crippen LogP) is 4.00. The average molecular weight is 311 g/mol. The van der Waals surface area contributed by atoms with E-state index >= 15 is 0 Å². The lowest BCUT2D eigenvalue weighted by Crippen LogP contribution is -2.45. The zero-order chi connectivity index (χ0) is 16.8. The number of benzene rings is 1. The lowest BCUT2D eigenvalue weighted by atomic mass is 9.92. The van der Waals surface area contributed by atoms with Crippen molar-refractivity contribution in [3.05, 3.63) is 72.5 Å². The SMILES string of the molecule is C=CCC1CC(=O)C(=CC)C(=C)N1C(=O)OCc1ccccc1. The highest BCUT2D eigenvalue weighted by Gasteiger charge is 2.36. The molecule has 1 aromatic carbocycles. The number of ether oxygens (including phenoxy) is 1. The number of hydrogen-bond acceptors (Lipinski definition) is 3. The summed E-state index contributed by atoms with van der Waals surface area (Å²) in [5.41, 5.74) is 1.78. The van der Waals surface area contributed by atoms with Crippen molar-refractivity contribution in [3.63, 3.8) is 0 Å². The maximum atomic E-state index is 12.5. The number of rotatable bonds is 4. The molecule has 0 aromatic heterocycles. The molecule has 1 fully saturated rings. The van der Waals surface area contributed by atoms with Crippen molar-refractivity contribution in [2.45, 2.75) is 32.4 Å². The second-order valence-electron chi connectivity index (χ2n) is 5.36. The third-order valence-corrected chi connectivity index (χ3v) is 3.82. The molecule has 0 saturated carbocycles. The van der Waals surface area contributed by atoms with Gasteiger partial charge >= 0.3 is 6.09 Å². The van der Waals surface area contributed by atoms with Gasteiger partial charge in [-0.05, 0) is 18.9 Å². The van der Waals surface area contributed by atoms with E-state index in [1.807, 2.05) is 30.3 Å². The topological polar surface area (TPSA) is 46.6 Å². The van der Waals surface area contributed by atoms with Crippen LogP contribution in [0.15, 0.2) is 66.9 Å². The number of Topliss-reactive ketones (excluding diaryl/α,β-unsaturated/α-hetero) is 1. The first-order chi connectivity index (χ1) is 11.1. The Morgan fingerprint density at radius 1 is 1.39 bits per heavy atom. The fourth-order valence-corrected chi connectivity index (χ4v) is 2.68.